The maximum atomic E-state index is 12.1. The Bertz CT molecular complexity index is 941. The number of nitrogens with zero attached hydrogens (tertiary/aromatic N) is 2. The molecule has 2 heterocycles. The third-order valence-electron chi connectivity index (χ3n) is 3.93. The van der Waals surface area contributed by atoms with Gasteiger partial charge >= 0.3 is 5.97 Å². The van der Waals surface area contributed by atoms with Crippen LogP contribution in [0.5, 0.6) is 0 Å². The zero-order chi connectivity index (χ0) is 16.6. The fraction of sp³-hybridized carbons (Fsp3) is 0.188. The van der Waals surface area contributed by atoms with Gasteiger partial charge in [-0.1, -0.05) is 12.1 Å². The van der Waals surface area contributed by atoms with Crippen LogP contribution in [0.1, 0.15) is 21.5 Å². The van der Waals surface area contributed by atoms with E-state index in [2.05, 4.69) is 9.97 Å². The molecule has 24 heavy (non-hydrogen) atoms. The maximum Gasteiger partial charge on any atom is 0.335 e. The normalized spacial score (nSPS) is 10.5. The Morgan fingerprint density at radius 1 is 1.29 bits per heavy atom. The lowest BCUT2D eigenvalue weighted by Crippen LogP contribution is -2.16. The number of rotatable bonds is 4. The summed E-state index contributed by atoms with van der Waals surface area (Å²) >= 11 is 0. The summed E-state index contributed by atoms with van der Waals surface area (Å²) < 4.78 is 1.64. The van der Waals surface area contributed by atoms with Crippen molar-refractivity contribution in [2.75, 3.05) is 5.73 Å². The summed E-state index contributed by atoms with van der Waals surface area (Å²) in [5.41, 5.74) is 8.13. The second-order valence-electron chi connectivity index (χ2n) is 5.37. The molecular formula is C16H18N4O4. The summed E-state index contributed by atoms with van der Waals surface area (Å²) in [6, 6.07) is 6.72. The Labute approximate surface area is 136 Å². The predicted octanol–water partition coefficient (Wildman–Crippen LogP) is 0.502. The van der Waals surface area contributed by atoms with Crippen molar-refractivity contribution < 1.29 is 15.4 Å². The lowest BCUT2D eigenvalue weighted by Gasteiger charge is -2.05. The number of hydrogen-bond acceptors (Lipinski definition) is 4. The molecule has 0 aliphatic carbocycles. The summed E-state index contributed by atoms with van der Waals surface area (Å²) in [5.74, 6) is -0.777. The molecule has 0 radical (unpaired) electrons. The minimum atomic E-state index is -0.944. The molecule has 126 valence electrons. The van der Waals surface area contributed by atoms with E-state index in [4.69, 9.17) is 10.8 Å². The molecule has 0 amide bonds. The monoisotopic (exact) mass is 330 g/mol. The van der Waals surface area contributed by atoms with E-state index in [9.17, 15) is 9.59 Å². The minimum Gasteiger partial charge on any atom is -0.478 e. The van der Waals surface area contributed by atoms with Crippen LogP contribution in [0.2, 0.25) is 0 Å². The minimum absolute atomic E-state index is 0. The summed E-state index contributed by atoms with van der Waals surface area (Å²) in [5, 5.41) is 9.44. The molecule has 2 aromatic heterocycles. The van der Waals surface area contributed by atoms with E-state index >= 15 is 0 Å². The number of carboxylic acids is 1. The molecule has 8 heteroatoms. The number of fused-ring (bicyclic) bond motifs is 1. The third-order valence-corrected chi connectivity index (χ3v) is 3.93. The summed E-state index contributed by atoms with van der Waals surface area (Å²) in [4.78, 5) is 29.8. The van der Waals surface area contributed by atoms with E-state index in [0.717, 1.165) is 11.1 Å². The highest BCUT2D eigenvalue weighted by molar-refractivity contribution is 5.87. The van der Waals surface area contributed by atoms with E-state index in [-0.39, 0.29) is 22.5 Å². The SMILES string of the molecule is Cn1c(N)nc(=O)c2c(CCc3ccc(C(=O)O)cc3)c[nH]c21.O. The fourth-order valence-electron chi connectivity index (χ4n) is 2.59. The molecule has 0 aliphatic rings. The Kier molecular flexibility index (Phi) is 4.70. The summed E-state index contributed by atoms with van der Waals surface area (Å²) in [6.07, 6.45) is 3.13. The molecule has 3 rings (SSSR count). The van der Waals surface area contributed by atoms with Crippen molar-refractivity contribution in [3.8, 4) is 0 Å². The molecule has 3 aromatic rings. The number of anilines is 1. The molecule has 8 nitrogen and oxygen atoms in total. The fourth-order valence-corrected chi connectivity index (χ4v) is 2.59. The van der Waals surface area contributed by atoms with E-state index < -0.39 is 5.97 Å². The van der Waals surface area contributed by atoms with Gasteiger partial charge in [-0.3, -0.25) is 4.79 Å². The van der Waals surface area contributed by atoms with Crippen LogP contribution in [0.15, 0.2) is 35.3 Å². The van der Waals surface area contributed by atoms with Crippen LogP contribution in [0.25, 0.3) is 11.0 Å². The number of benzene rings is 1. The lowest BCUT2D eigenvalue weighted by atomic mass is 10.0. The number of aromatic amines is 1. The van der Waals surface area contributed by atoms with Crippen LogP contribution in [0.4, 0.5) is 5.95 Å². The van der Waals surface area contributed by atoms with Gasteiger partial charge in [0.05, 0.1) is 10.9 Å². The number of aromatic carboxylic acids is 1. The van der Waals surface area contributed by atoms with Gasteiger partial charge in [-0.25, -0.2) is 4.79 Å². The number of nitrogen functional groups attached to an aromatic ring is 1. The van der Waals surface area contributed by atoms with E-state index in [1.54, 1.807) is 42.1 Å². The van der Waals surface area contributed by atoms with Crippen molar-refractivity contribution >= 4 is 23.0 Å². The largest absolute Gasteiger partial charge is 0.478 e. The van der Waals surface area contributed by atoms with Gasteiger partial charge in [-0.15, -0.1) is 0 Å². The molecule has 0 bridgehead atoms. The highest BCUT2D eigenvalue weighted by Gasteiger charge is 2.12. The van der Waals surface area contributed by atoms with Crippen molar-refractivity contribution in [1.29, 1.82) is 0 Å². The highest BCUT2D eigenvalue weighted by Crippen LogP contribution is 2.17. The number of nitrogens with two attached hydrogens (primary N) is 1. The van der Waals surface area contributed by atoms with Crippen LogP contribution >= 0.6 is 0 Å². The number of hydrogen-bond donors (Lipinski definition) is 3. The molecular weight excluding hydrogens is 312 g/mol. The van der Waals surface area contributed by atoms with Crippen molar-refractivity contribution in [3.05, 3.63) is 57.5 Å². The Morgan fingerprint density at radius 2 is 1.96 bits per heavy atom. The standard InChI is InChI=1S/C16H16N4O3.H2O/c1-20-13-12(14(21)19-16(20)17)11(8-18-13)7-4-9-2-5-10(6-3-9)15(22)23;/h2-3,5-6,8,18H,4,7H2,1H3,(H,22,23)(H2,17,19,21);1H2. The van der Waals surface area contributed by atoms with E-state index in [1.165, 1.54) is 0 Å². The van der Waals surface area contributed by atoms with Gasteiger partial charge in [0.2, 0.25) is 5.95 Å². The zero-order valence-electron chi connectivity index (χ0n) is 13.0. The van der Waals surface area contributed by atoms with Crippen molar-refractivity contribution in [2.45, 2.75) is 12.8 Å². The summed E-state index contributed by atoms with van der Waals surface area (Å²) in [7, 11) is 1.75. The quantitative estimate of drug-likeness (QED) is 0.637. The molecule has 0 fully saturated rings. The molecule has 0 saturated carbocycles. The lowest BCUT2D eigenvalue weighted by molar-refractivity contribution is 0.0697. The topological polar surface area (TPSA) is 146 Å². The van der Waals surface area contributed by atoms with Gasteiger partial charge in [-0.2, -0.15) is 4.98 Å². The first-order chi connectivity index (χ1) is 11.0. The molecule has 0 atom stereocenters. The number of H-pyrrole nitrogens is 1. The molecule has 0 saturated heterocycles. The molecule has 0 unspecified atom stereocenters. The smallest absolute Gasteiger partial charge is 0.335 e. The zero-order valence-corrected chi connectivity index (χ0v) is 13.0. The Balaban J connectivity index is 0.00000208. The van der Waals surface area contributed by atoms with Gasteiger partial charge in [0.25, 0.3) is 5.56 Å². The number of nitrogens with one attached hydrogen (secondary N) is 1. The van der Waals surface area contributed by atoms with Gasteiger partial charge in [0, 0.05) is 13.2 Å². The van der Waals surface area contributed by atoms with E-state index in [0.29, 0.717) is 23.9 Å². The van der Waals surface area contributed by atoms with Crippen LogP contribution in [-0.4, -0.2) is 31.1 Å². The second kappa shape index (κ2) is 6.55. The first kappa shape index (κ1) is 17.2. The van der Waals surface area contributed by atoms with Crippen LogP contribution < -0.4 is 11.3 Å². The number of carbonyl (C=O) groups is 1. The van der Waals surface area contributed by atoms with Crippen molar-refractivity contribution in [2.24, 2.45) is 7.05 Å². The van der Waals surface area contributed by atoms with Crippen molar-refractivity contribution in [3.63, 3.8) is 0 Å². The van der Waals surface area contributed by atoms with Crippen LogP contribution in [0.3, 0.4) is 0 Å². The first-order valence-electron chi connectivity index (χ1n) is 7.12. The molecule has 1 aromatic carbocycles. The third kappa shape index (κ3) is 2.99. The summed E-state index contributed by atoms with van der Waals surface area (Å²) in [6.45, 7) is 0. The molecule has 0 aliphatic heterocycles. The van der Waals surface area contributed by atoms with Gasteiger partial charge < -0.3 is 25.9 Å². The van der Waals surface area contributed by atoms with Crippen LogP contribution in [-0.2, 0) is 19.9 Å². The molecule has 0 spiro atoms. The van der Waals surface area contributed by atoms with Gasteiger partial charge in [-0.05, 0) is 36.1 Å². The van der Waals surface area contributed by atoms with Crippen LogP contribution in [0, 0.1) is 0 Å². The number of aromatic nitrogens is 3. The maximum absolute atomic E-state index is 12.1. The molecule has 6 N–H and O–H groups in total. The predicted molar refractivity (Wildman–Crippen MR) is 90.2 cm³/mol. The average molecular weight is 330 g/mol. The van der Waals surface area contributed by atoms with Gasteiger partial charge in [0.1, 0.15) is 5.65 Å². The van der Waals surface area contributed by atoms with E-state index in [1.807, 2.05) is 0 Å². The van der Waals surface area contributed by atoms with Gasteiger partial charge in [0.15, 0.2) is 0 Å². The Morgan fingerprint density at radius 3 is 2.58 bits per heavy atom. The first-order valence-corrected chi connectivity index (χ1v) is 7.12. The second-order valence-corrected chi connectivity index (χ2v) is 5.37. The Hall–Kier alpha value is -3.13. The number of carboxylic acid groups (broad SMARTS) is 1. The number of aryl methyl sites for hydroxylation is 3. The average Bonchev–Trinajstić information content (AvgIpc) is 2.96. The highest BCUT2D eigenvalue weighted by atomic mass is 16.4. The van der Waals surface area contributed by atoms with Crippen molar-refractivity contribution in [1.82, 2.24) is 14.5 Å².